The third-order valence-corrected chi connectivity index (χ3v) is 10.1. The second-order valence-electron chi connectivity index (χ2n) is 12.8. The highest BCUT2D eigenvalue weighted by Gasteiger charge is 2.21. The van der Waals surface area contributed by atoms with E-state index < -0.39 is 0 Å². The molecule has 9 aromatic carbocycles. The van der Waals surface area contributed by atoms with E-state index in [1.165, 1.54) is 71.3 Å². The molecule has 1 heteroatoms. The summed E-state index contributed by atoms with van der Waals surface area (Å²) < 4.78 is 6.39. The maximum absolute atomic E-state index is 6.39. The number of para-hydroxylation sites is 1. The molecule has 0 N–H and O–H groups in total. The number of hydrogen-bond donors (Lipinski definition) is 0. The average molecular weight is 623 g/mol. The second kappa shape index (κ2) is 11.1. The Morgan fingerprint density at radius 3 is 1.49 bits per heavy atom. The van der Waals surface area contributed by atoms with Gasteiger partial charge in [0.05, 0.1) is 0 Å². The van der Waals surface area contributed by atoms with E-state index in [4.69, 9.17) is 4.42 Å². The Hall–Kier alpha value is -6.44. The Balaban J connectivity index is 1.32. The van der Waals surface area contributed by atoms with Crippen LogP contribution in [-0.4, -0.2) is 0 Å². The lowest BCUT2D eigenvalue weighted by atomic mass is 9.82. The van der Waals surface area contributed by atoms with Crippen LogP contribution in [0.4, 0.5) is 0 Å². The van der Waals surface area contributed by atoms with Gasteiger partial charge < -0.3 is 4.42 Å². The van der Waals surface area contributed by atoms with Crippen molar-refractivity contribution in [2.75, 3.05) is 0 Å². The molecule has 0 unspecified atom stereocenters. The fourth-order valence-electron chi connectivity index (χ4n) is 7.87. The number of hydrogen-bond acceptors (Lipinski definition) is 1. The molecule has 49 heavy (non-hydrogen) atoms. The van der Waals surface area contributed by atoms with Crippen LogP contribution < -0.4 is 0 Å². The summed E-state index contributed by atoms with van der Waals surface area (Å²) >= 11 is 0. The van der Waals surface area contributed by atoms with Crippen molar-refractivity contribution in [2.45, 2.75) is 0 Å². The Morgan fingerprint density at radius 1 is 0.265 bits per heavy atom. The highest BCUT2D eigenvalue weighted by atomic mass is 16.3. The van der Waals surface area contributed by atoms with Crippen LogP contribution in [0.3, 0.4) is 0 Å². The van der Waals surface area contributed by atoms with Crippen molar-refractivity contribution in [2.24, 2.45) is 0 Å². The molecule has 0 amide bonds. The second-order valence-corrected chi connectivity index (χ2v) is 12.8. The highest BCUT2D eigenvalue weighted by molar-refractivity contribution is 6.23. The van der Waals surface area contributed by atoms with Crippen LogP contribution >= 0.6 is 0 Å². The molecule has 1 nitrogen and oxygen atoms in total. The Kier molecular flexibility index (Phi) is 6.25. The van der Waals surface area contributed by atoms with Crippen molar-refractivity contribution in [1.82, 2.24) is 0 Å². The summed E-state index contributed by atoms with van der Waals surface area (Å²) in [6.45, 7) is 0. The largest absolute Gasteiger partial charge is 0.456 e. The van der Waals surface area contributed by atoms with E-state index in [0.29, 0.717) is 0 Å². The lowest BCUT2D eigenvalue weighted by Gasteiger charge is -2.21. The smallest absolute Gasteiger partial charge is 0.136 e. The van der Waals surface area contributed by atoms with Crippen molar-refractivity contribution < 1.29 is 4.42 Å². The summed E-state index contributed by atoms with van der Waals surface area (Å²) in [6, 6.07) is 65.9. The molecule has 0 saturated carbocycles. The van der Waals surface area contributed by atoms with Crippen LogP contribution in [0.5, 0.6) is 0 Å². The summed E-state index contributed by atoms with van der Waals surface area (Å²) in [5.74, 6) is 0. The summed E-state index contributed by atoms with van der Waals surface area (Å²) in [6.07, 6.45) is 0. The highest BCUT2D eigenvalue weighted by Crippen LogP contribution is 2.48. The van der Waals surface area contributed by atoms with E-state index in [9.17, 15) is 0 Å². The Bertz CT molecular complexity index is 2800. The number of benzene rings is 9. The van der Waals surface area contributed by atoms with E-state index in [1.807, 2.05) is 12.1 Å². The van der Waals surface area contributed by atoms with Gasteiger partial charge in [0.15, 0.2) is 0 Å². The van der Waals surface area contributed by atoms with Crippen LogP contribution in [-0.2, 0) is 0 Å². The van der Waals surface area contributed by atoms with Gasteiger partial charge in [-0.1, -0.05) is 152 Å². The van der Waals surface area contributed by atoms with Crippen molar-refractivity contribution >= 4 is 54.3 Å². The fourth-order valence-corrected chi connectivity index (χ4v) is 7.87. The van der Waals surface area contributed by atoms with Gasteiger partial charge in [0.1, 0.15) is 11.2 Å². The van der Waals surface area contributed by atoms with Gasteiger partial charge in [-0.15, -0.1) is 0 Å². The van der Waals surface area contributed by atoms with Crippen molar-refractivity contribution in [3.05, 3.63) is 182 Å². The molecule has 0 saturated heterocycles. The topological polar surface area (TPSA) is 13.1 Å². The predicted octanol–water partition coefficient (Wildman–Crippen LogP) is 13.7. The lowest BCUT2D eigenvalue weighted by molar-refractivity contribution is 0.669. The van der Waals surface area contributed by atoms with E-state index in [-0.39, 0.29) is 0 Å². The maximum atomic E-state index is 6.39. The lowest BCUT2D eigenvalue weighted by Crippen LogP contribution is -1.94. The molecule has 0 aliphatic heterocycles. The van der Waals surface area contributed by atoms with Crippen LogP contribution in [0.2, 0.25) is 0 Å². The fraction of sp³-hybridized carbons (Fsp3) is 0. The van der Waals surface area contributed by atoms with Gasteiger partial charge in [-0.25, -0.2) is 0 Å². The molecule has 0 spiro atoms. The van der Waals surface area contributed by atoms with Gasteiger partial charge in [-0.3, -0.25) is 0 Å². The van der Waals surface area contributed by atoms with Gasteiger partial charge in [0, 0.05) is 10.8 Å². The van der Waals surface area contributed by atoms with Gasteiger partial charge in [-0.2, -0.15) is 0 Å². The molecule has 10 rings (SSSR count). The predicted molar refractivity (Wildman–Crippen MR) is 208 cm³/mol. The zero-order chi connectivity index (χ0) is 32.3. The summed E-state index contributed by atoms with van der Waals surface area (Å²) in [4.78, 5) is 0. The Morgan fingerprint density at radius 2 is 0.816 bits per heavy atom. The van der Waals surface area contributed by atoms with E-state index in [0.717, 1.165) is 27.5 Å². The monoisotopic (exact) mass is 622 g/mol. The SMILES string of the molecule is c1ccc(-c2cc3cccc(-c4ccccc4)c3cc2-c2c3ccccc3c(-c3ccc4c(c3)oc3ccccc34)c3ccccc23)cc1. The standard InChI is InChI=1S/C48H30O/c1-3-14-31(15-4-1)35-24-13-18-33-28-42(32-16-5-2-6-17-32)44(30-43(33)35)48-40-22-9-7-20-38(40)47(39-21-8-10-23-41(39)48)34-26-27-37-36-19-11-12-25-45(36)49-46(37)29-34/h1-30H. The molecule has 0 atom stereocenters. The zero-order valence-corrected chi connectivity index (χ0v) is 26.7. The van der Waals surface area contributed by atoms with Crippen LogP contribution in [0.15, 0.2) is 186 Å². The van der Waals surface area contributed by atoms with Gasteiger partial charge in [-0.05, 0) is 107 Å². The first-order chi connectivity index (χ1) is 24.3. The van der Waals surface area contributed by atoms with E-state index in [1.54, 1.807) is 0 Å². The quantitative estimate of drug-likeness (QED) is 0.178. The third-order valence-electron chi connectivity index (χ3n) is 10.1. The summed E-state index contributed by atoms with van der Waals surface area (Å²) in [5, 5.41) is 9.67. The molecule has 0 bridgehead atoms. The third kappa shape index (κ3) is 4.40. The minimum absolute atomic E-state index is 0.908. The number of furan rings is 1. The van der Waals surface area contributed by atoms with Crippen LogP contribution in [0, 0.1) is 0 Å². The molecule has 1 aromatic heterocycles. The maximum Gasteiger partial charge on any atom is 0.136 e. The average Bonchev–Trinajstić information content (AvgIpc) is 3.55. The Labute approximate surface area is 284 Å². The zero-order valence-electron chi connectivity index (χ0n) is 26.7. The first-order valence-corrected chi connectivity index (χ1v) is 16.8. The minimum Gasteiger partial charge on any atom is -0.456 e. The van der Waals surface area contributed by atoms with Crippen molar-refractivity contribution in [3.8, 4) is 44.5 Å². The number of fused-ring (bicyclic) bond motifs is 6. The minimum atomic E-state index is 0.908. The molecular formula is C48H30O. The van der Waals surface area contributed by atoms with Gasteiger partial charge >= 0.3 is 0 Å². The van der Waals surface area contributed by atoms with Crippen molar-refractivity contribution in [3.63, 3.8) is 0 Å². The summed E-state index contributed by atoms with van der Waals surface area (Å²) in [5.41, 5.74) is 11.6. The van der Waals surface area contributed by atoms with E-state index in [2.05, 4.69) is 170 Å². The van der Waals surface area contributed by atoms with Crippen molar-refractivity contribution in [1.29, 1.82) is 0 Å². The molecule has 0 aliphatic rings. The normalized spacial score (nSPS) is 11.7. The molecule has 10 aromatic rings. The van der Waals surface area contributed by atoms with Gasteiger partial charge in [0.2, 0.25) is 0 Å². The summed E-state index contributed by atoms with van der Waals surface area (Å²) in [7, 11) is 0. The molecule has 228 valence electrons. The van der Waals surface area contributed by atoms with Crippen LogP contribution in [0.1, 0.15) is 0 Å². The molecular weight excluding hydrogens is 593 g/mol. The first-order valence-electron chi connectivity index (χ1n) is 16.8. The van der Waals surface area contributed by atoms with Gasteiger partial charge in [0.25, 0.3) is 0 Å². The number of rotatable bonds is 4. The van der Waals surface area contributed by atoms with E-state index >= 15 is 0 Å². The van der Waals surface area contributed by atoms with Crippen LogP contribution in [0.25, 0.3) is 98.8 Å². The molecule has 0 radical (unpaired) electrons. The molecule has 0 aliphatic carbocycles. The first kappa shape index (κ1) is 27.7. The molecule has 1 heterocycles. The molecule has 0 fully saturated rings.